The van der Waals surface area contributed by atoms with E-state index in [-0.39, 0.29) is 5.69 Å². The van der Waals surface area contributed by atoms with Crippen molar-refractivity contribution in [3.63, 3.8) is 0 Å². The molecule has 0 heterocycles. The first-order valence-corrected chi connectivity index (χ1v) is 4.50. The Kier molecular flexibility index (Phi) is 3.16. The minimum atomic E-state index is -2.43. The molecule has 0 aliphatic heterocycles. The summed E-state index contributed by atoms with van der Waals surface area (Å²) in [5.74, 6) is -0.966. The second-order valence-electron chi connectivity index (χ2n) is 2.24. The van der Waals surface area contributed by atoms with Gasteiger partial charge in [0.05, 0.1) is 5.69 Å². The number of hydrogen-bond acceptors (Lipinski definition) is 1. The standard InChI is InChI=1S/C8H8FNO2S/c1-7(9)10(13(11)12)8-5-3-2-4-6-8/h2-6H,1H2,(H,11,12). The Bertz CT molecular complexity index is 314. The summed E-state index contributed by atoms with van der Waals surface area (Å²) in [6.07, 6.45) is 0. The van der Waals surface area contributed by atoms with E-state index < -0.39 is 17.2 Å². The van der Waals surface area contributed by atoms with Crippen molar-refractivity contribution in [3.8, 4) is 0 Å². The Labute approximate surface area is 77.9 Å². The average Bonchev–Trinajstić information content (AvgIpc) is 2.04. The van der Waals surface area contributed by atoms with Crippen LogP contribution in [0.4, 0.5) is 10.1 Å². The highest BCUT2D eigenvalue weighted by Crippen LogP contribution is 2.19. The van der Waals surface area contributed by atoms with Crippen molar-refractivity contribution in [1.29, 1.82) is 0 Å². The highest BCUT2D eigenvalue weighted by Gasteiger charge is 2.14. The summed E-state index contributed by atoms with van der Waals surface area (Å²) in [4.78, 5) is 0. The number of halogens is 1. The van der Waals surface area contributed by atoms with Gasteiger partial charge >= 0.3 is 0 Å². The van der Waals surface area contributed by atoms with E-state index in [1.54, 1.807) is 18.2 Å². The molecule has 1 atom stereocenters. The number of para-hydroxylation sites is 1. The molecule has 0 aliphatic rings. The molecule has 0 saturated heterocycles. The summed E-state index contributed by atoms with van der Waals surface area (Å²) in [5, 5.41) is 0. The van der Waals surface area contributed by atoms with Crippen molar-refractivity contribution in [3.05, 3.63) is 42.9 Å². The molecule has 1 rings (SSSR count). The molecule has 1 aromatic carbocycles. The summed E-state index contributed by atoms with van der Waals surface area (Å²) >= 11 is -2.43. The van der Waals surface area contributed by atoms with Crippen molar-refractivity contribution in [2.75, 3.05) is 4.31 Å². The molecule has 0 amide bonds. The van der Waals surface area contributed by atoms with Crippen molar-refractivity contribution < 1.29 is 13.2 Å². The molecule has 0 aromatic heterocycles. The summed E-state index contributed by atoms with van der Waals surface area (Å²) < 4.78 is 32.7. The molecule has 0 bridgehead atoms. The minimum absolute atomic E-state index is 0.288. The van der Waals surface area contributed by atoms with E-state index in [2.05, 4.69) is 6.58 Å². The van der Waals surface area contributed by atoms with Gasteiger partial charge in [0.25, 0.3) is 11.3 Å². The SMILES string of the molecule is C=C(F)N(c1ccccc1)S(=O)O. The number of benzene rings is 1. The predicted octanol–water partition coefficient (Wildman–Crippen LogP) is 2.07. The van der Waals surface area contributed by atoms with Crippen LogP contribution in [-0.2, 0) is 11.3 Å². The van der Waals surface area contributed by atoms with Gasteiger partial charge in [-0.25, -0.2) is 8.51 Å². The zero-order valence-electron chi connectivity index (χ0n) is 6.68. The van der Waals surface area contributed by atoms with E-state index in [4.69, 9.17) is 4.55 Å². The Morgan fingerprint density at radius 2 is 2.00 bits per heavy atom. The van der Waals surface area contributed by atoms with Crippen LogP contribution in [-0.4, -0.2) is 8.76 Å². The van der Waals surface area contributed by atoms with Crippen molar-refractivity contribution >= 4 is 17.0 Å². The third-order valence-electron chi connectivity index (χ3n) is 1.37. The summed E-state index contributed by atoms with van der Waals surface area (Å²) in [6, 6.07) is 8.02. The van der Waals surface area contributed by atoms with Crippen LogP contribution in [0.15, 0.2) is 42.9 Å². The molecular formula is C8H8FNO2S. The van der Waals surface area contributed by atoms with Gasteiger partial charge in [-0.1, -0.05) is 18.2 Å². The molecule has 0 radical (unpaired) electrons. The van der Waals surface area contributed by atoms with Gasteiger partial charge in [-0.2, -0.15) is 4.39 Å². The van der Waals surface area contributed by atoms with Crippen LogP contribution in [0, 0.1) is 0 Å². The van der Waals surface area contributed by atoms with Crippen LogP contribution in [0.5, 0.6) is 0 Å². The van der Waals surface area contributed by atoms with Gasteiger partial charge in [-0.15, -0.1) is 0 Å². The van der Waals surface area contributed by atoms with Gasteiger partial charge in [0.15, 0.2) is 0 Å². The van der Waals surface area contributed by atoms with Gasteiger partial charge < -0.3 is 0 Å². The fourth-order valence-corrected chi connectivity index (χ4v) is 1.35. The maximum atomic E-state index is 12.7. The molecule has 1 unspecified atom stereocenters. The average molecular weight is 201 g/mol. The van der Waals surface area contributed by atoms with Crippen LogP contribution in [0.1, 0.15) is 0 Å². The third-order valence-corrected chi connectivity index (χ3v) is 2.09. The minimum Gasteiger partial charge on any atom is -0.289 e. The normalized spacial score (nSPS) is 12.2. The van der Waals surface area contributed by atoms with Crippen LogP contribution in [0.25, 0.3) is 0 Å². The lowest BCUT2D eigenvalue weighted by atomic mass is 10.3. The van der Waals surface area contributed by atoms with Crippen molar-refractivity contribution in [2.24, 2.45) is 0 Å². The van der Waals surface area contributed by atoms with Gasteiger partial charge in [0, 0.05) is 0 Å². The fraction of sp³-hybridized carbons (Fsp3) is 0. The lowest BCUT2D eigenvalue weighted by Gasteiger charge is -2.15. The molecule has 70 valence electrons. The molecule has 0 aliphatic carbocycles. The Morgan fingerprint density at radius 1 is 1.46 bits per heavy atom. The Morgan fingerprint density at radius 3 is 2.38 bits per heavy atom. The van der Waals surface area contributed by atoms with E-state index >= 15 is 0 Å². The highest BCUT2D eigenvalue weighted by atomic mass is 32.2. The highest BCUT2D eigenvalue weighted by molar-refractivity contribution is 7.80. The zero-order valence-corrected chi connectivity index (χ0v) is 7.50. The number of nitrogens with zero attached hydrogens (tertiary/aromatic N) is 1. The summed E-state index contributed by atoms with van der Waals surface area (Å²) in [5.41, 5.74) is 0.288. The molecule has 13 heavy (non-hydrogen) atoms. The number of rotatable bonds is 3. The van der Waals surface area contributed by atoms with Gasteiger partial charge in [-0.3, -0.25) is 4.55 Å². The molecular weight excluding hydrogens is 193 g/mol. The largest absolute Gasteiger partial charge is 0.289 e. The first-order valence-electron chi connectivity index (χ1n) is 3.43. The second-order valence-corrected chi connectivity index (χ2v) is 3.06. The maximum Gasteiger partial charge on any atom is 0.268 e. The molecule has 5 heteroatoms. The van der Waals surface area contributed by atoms with Crippen molar-refractivity contribution in [1.82, 2.24) is 0 Å². The Hall–Kier alpha value is -1.20. The molecule has 3 nitrogen and oxygen atoms in total. The first-order chi connectivity index (χ1) is 6.13. The molecule has 1 N–H and O–H groups in total. The lowest BCUT2D eigenvalue weighted by Crippen LogP contribution is -2.21. The third kappa shape index (κ3) is 2.37. The van der Waals surface area contributed by atoms with Gasteiger partial charge in [0.2, 0.25) is 5.95 Å². The van der Waals surface area contributed by atoms with Crippen LogP contribution in [0.3, 0.4) is 0 Å². The Balaban J connectivity index is 3.03. The second kappa shape index (κ2) is 4.15. The monoisotopic (exact) mass is 201 g/mol. The zero-order chi connectivity index (χ0) is 9.84. The van der Waals surface area contributed by atoms with E-state index in [1.165, 1.54) is 12.1 Å². The molecule has 0 spiro atoms. The number of anilines is 1. The lowest BCUT2D eigenvalue weighted by molar-refractivity contribution is 0.548. The van der Waals surface area contributed by atoms with Crippen LogP contribution < -0.4 is 4.31 Å². The van der Waals surface area contributed by atoms with Gasteiger partial charge in [-0.05, 0) is 18.7 Å². The number of hydrogen-bond donors (Lipinski definition) is 1. The molecule has 0 fully saturated rings. The van der Waals surface area contributed by atoms with E-state index in [0.29, 0.717) is 4.31 Å². The quantitative estimate of drug-likeness (QED) is 0.600. The predicted molar refractivity (Wildman–Crippen MR) is 49.9 cm³/mol. The fourth-order valence-electron chi connectivity index (χ4n) is 0.878. The smallest absolute Gasteiger partial charge is 0.268 e. The summed E-state index contributed by atoms with van der Waals surface area (Å²) in [6.45, 7) is 2.96. The van der Waals surface area contributed by atoms with E-state index in [0.717, 1.165) is 0 Å². The van der Waals surface area contributed by atoms with E-state index in [9.17, 15) is 8.60 Å². The van der Waals surface area contributed by atoms with Crippen LogP contribution >= 0.6 is 0 Å². The van der Waals surface area contributed by atoms with Gasteiger partial charge in [0.1, 0.15) is 0 Å². The molecule has 0 saturated carbocycles. The maximum absolute atomic E-state index is 12.7. The molecule has 1 aromatic rings. The first kappa shape index (κ1) is 9.88. The van der Waals surface area contributed by atoms with Crippen molar-refractivity contribution in [2.45, 2.75) is 0 Å². The van der Waals surface area contributed by atoms with E-state index in [1.807, 2.05) is 0 Å². The topological polar surface area (TPSA) is 40.5 Å². The summed E-state index contributed by atoms with van der Waals surface area (Å²) in [7, 11) is 0. The van der Waals surface area contributed by atoms with Crippen LogP contribution in [0.2, 0.25) is 0 Å².